The van der Waals surface area contributed by atoms with E-state index in [9.17, 15) is 4.39 Å². The van der Waals surface area contributed by atoms with E-state index in [4.69, 9.17) is 5.73 Å². The van der Waals surface area contributed by atoms with Crippen LogP contribution in [0, 0.1) is 0 Å². The Hall–Kier alpha value is -0.480. The summed E-state index contributed by atoms with van der Waals surface area (Å²) in [6.45, 7) is 4.83. The molecular weight excluding hydrogens is 175 g/mol. The normalized spacial score (nSPS) is 14.8. The largest absolute Gasteiger partial charge is 0.322 e. The molecule has 1 rings (SSSR count). The number of hydrogen-bond donors (Lipinski definition) is 1. The molecule has 0 saturated carbocycles. The summed E-state index contributed by atoms with van der Waals surface area (Å²) in [5.74, 6) is 0. The van der Waals surface area contributed by atoms with Crippen LogP contribution in [0.3, 0.4) is 0 Å². The van der Waals surface area contributed by atoms with Gasteiger partial charge in [-0.25, -0.2) is 9.37 Å². The minimum absolute atomic E-state index is 0.105. The minimum Gasteiger partial charge on any atom is -0.322 e. The van der Waals surface area contributed by atoms with Crippen molar-refractivity contribution < 1.29 is 4.39 Å². The Labute approximate surface area is 75.6 Å². The van der Waals surface area contributed by atoms with Crippen LogP contribution in [0.15, 0.2) is 5.38 Å². The average Bonchev–Trinajstić information content (AvgIpc) is 2.30. The van der Waals surface area contributed by atoms with Crippen LogP contribution in [-0.2, 0) is 5.67 Å². The first-order chi connectivity index (χ1) is 5.41. The molecule has 1 aromatic heterocycles. The Morgan fingerprint density at radius 2 is 2.25 bits per heavy atom. The lowest BCUT2D eigenvalue weighted by molar-refractivity contribution is 0.215. The van der Waals surface area contributed by atoms with Crippen molar-refractivity contribution >= 4 is 11.3 Å². The number of aromatic nitrogens is 1. The topological polar surface area (TPSA) is 38.9 Å². The first-order valence-electron chi connectivity index (χ1n) is 3.81. The van der Waals surface area contributed by atoms with Gasteiger partial charge in [0.1, 0.15) is 10.7 Å². The van der Waals surface area contributed by atoms with Crippen LogP contribution in [0.4, 0.5) is 4.39 Å². The van der Waals surface area contributed by atoms with Crippen LogP contribution in [0.2, 0.25) is 0 Å². The molecule has 2 N–H and O–H groups in total. The zero-order valence-electron chi connectivity index (χ0n) is 7.47. The van der Waals surface area contributed by atoms with Crippen molar-refractivity contribution in [1.29, 1.82) is 0 Å². The van der Waals surface area contributed by atoms with Gasteiger partial charge in [0, 0.05) is 5.38 Å². The maximum Gasteiger partial charge on any atom is 0.148 e. The minimum atomic E-state index is -1.36. The van der Waals surface area contributed by atoms with E-state index in [1.165, 1.54) is 25.2 Å². The lowest BCUT2D eigenvalue weighted by Crippen LogP contribution is -2.11. The van der Waals surface area contributed by atoms with Gasteiger partial charge in [-0.1, -0.05) is 0 Å². The van der Waals surface area contributed by atoms with Crippen LogP contribution in [0.5, 0.6) is 0 Å². The van der Waals surface area contributed by atoms with E-state index in [1.54, 1.807) is 5.38 Å². The molecule has 68 valence electrons. The molecule has 0 radical (unpaired) electrons. The van der Waals surface area contributed by atoms with Crippen LogP contribution < -0.4 is 5.73 Å². The second-order valence-electron chi connectivity index (χ2n) is 3.33. The summed E-state index contributed by atoms with van der Waals surface area (Å²) in [6, 6.07) is -0.105. The van der Waals surface area contributed by atoms with E-state index in [2.05, 4.69) is 4.98 Å². The third-order valence-corrected chi connectivity index (χ3v) is 2.57. The summed E-state index contributed by atoms with van der Waals surface area (Å²) in [5, 5.41) is 2.51. The lowest BCUT2D eigenvalue weighted by atomic mass is 10.1. The summed E-state index contributed by atoms with van der Waals surface area (Å²) in [7, 11) is 0. The molecule has 1 unspecified atom stereocenters. The highest BCUT2D eigenvalue weighted by molar-refractivity contribution is 7.09. The molecule has 0 amide bonds. The van der Waals surface area contributed by atoms with Gasteiger partial charge in [0.2, 0.25) is 0 Å². The molecule has 2 nitrogen and oxygen atoms in total. The van der Waals surface area contributed by atoms with Gasteiger partial charge in [-0.05, 0) is 20.8 Å². The fourth-order valence-electron chi connectivity index (χ4n) is 0.770. The molecule has 12 heavy (non-hydrogen) atoms. The van der Waals surface area contributed by atoms with Crippen LogP contribution in [-0.4, -0.2) is 4.98 Å². The van der Waals surface area contributed by atoms with Crippen LogP contribution in [0.25, 0.3) is 0 Å². The predicted octanol–water partition coefficient (Wildman–Crippen LogP) is 2.37. The fourth-order valence-corrected chi connectivity index (χ4v) is 1.70. The van der Waals surface area contributed by atoms with Gasteiger partial charge in [0.25, 0.3) is 0 Å². The van der Waals surface area contributed by atoms with E-state index in [0.29, 0.717) is 5.69 Å². The molecule has 1 atom stereocenters. The number of nitrogens with two attached hydrogens (primary N) is 1. The maximum absolute atomic E-state index is 13.3. The number of thiazole rings is 1. The van der Waals surface area contributed by atoms with E-state index in [0.717, 1.165) is 5.01 Å². The Balaban J connectivity index is 2.92. The zero-order chi connectivity index (χ0) is 9.35. The van der Waals surface area contributed by atoms with E-state index in [-0.39, 0.29) is 6.04 Å². The summed E-state index contributed by atoms with van der Waals surface area (Å²) < 4.78 is 13.3. The highest BCUT2D eigenvalue weighted by Gasteiger charge is 2.22. The van der Waals surface area contributed by atoms with Gasteiger partial charge >= 0.3 is 0 Å². The van der Waals surface area contributed by atoms with E-state index in [1.807, 2.05) is 6.92 Å². The molecule has 4 heteroatoms. The number of halogens is 1. The molecule has 0 aromatic carbocycles. The quantitative estimate of drug-likeness (QED) is 0.773. The van der Waals surface area contributed by atoms with Gasteiger partial charge in [-0.2, -0.15) is 0 Å². The number of alkyl halides is 1. The Morgan fingerprint density at radius 3 is 2.50 bits per heavy atom. The first kappa shape index (κ1) is 9.61. The van der Waals surface area contributed by atoms with Gasteiger partial charge < -0.3 is 5.73 Å². The summed E-state index contributed by atoms with van der Waals surface area (Å²) in [6.07, 6.45) is 0. The summed E-state index contributed by atoms with van der Waals surface area (Å²) in [5.41, 5.74) is 4.71. The Bertz CT molecular complexity index is 262. The smallest absolute Gasteiger partial charge is 0.148 e. The molecule has 0 aliphatic carbocycles. The van der Waals surface area contributed by atoms with Gasteiger partial charge in [0.15, 0.2) is 0 Å². The lowest BCUT2D eigenvalue weighted by Gasteiger charge is -2.09. The number of rotatable bonds is 2. The molecule has 1 aromatic rings. The number of nitrogens with zero attached hydrogens (tertiary/aromatic N) is 1. The monoisotopic (exact) mass is 188 g/mol. The standard InChI is InChI=1S/C8H13FN2S/c1-5(10)7-11-6(4-12-7)8(2,3)9/h4-5H,10H2,1-3H3. The third-order valence-electron chi connectivity index (χ3n) is 1.52. The molecule has 0 aliphatic heterocycles. The summed E-state index contributed by atoms with van der Waals surface area (Å²) >= 11 is 1.41. The first-order valence-corrected chi connectivity index (χ1v) is 4.69. The second-order valence-corrected chi connectivity index (χ2v) is 4.22. The number of hydrogen-bond acceptors (Lipinski definition) is 3. The fraction of sp³-hybridized carbons (Fsp3) is 0.625. The van der Waals surface area contributed by atoms with Crippen molar-refractivity contribution in [2.75, 3.05) is 0 Å². The van der Waals surface area contributed by atoms with Gasteiger partial charge in [-0.3, -0.25) is 0 Å². The highest BCUT2D eigenvalue weighted by Crippen LogP contribution is 2.27. The molecule has 1 heterocycles. The molecule has 0 bridgehead atoms. The average molecular weight is 188 g/mol. The SMILES string of the molecule is CC(N)c1nc(C(C)(C)F)cs1. The van der Waals surface area contributed by atoms with Crippen LogP contribution >= 0.6 is 11.3 Å². The Kier molecular flexibility index (Phi) is 2.49. The second kappa shape index (κ2) is 3.11. The zero-order valence-corrected chi connectivity index (χ0v) is 8.28. The molecule has 0 saturated heterocycles. The molecule has 0 spiro atoms. The van der Waals surface area contributed by atoms with Crippen molar-refractivity contribution in [3.8, 4) is 0 Å². The van der Waals surface area contributed by atoms with E-state index < -0.39 is 5.67 Å². The van der Waals surface area contributed by atoms with Gasteiger partial charge in [0.05, 0.1) is 11.7 Å². The molecule has 0 aliphatic rings. The summed E-state index contributed by atoms with van der Waals surface area (Å²) in [4.78, 5) is 4.10. The van der Waals surface area contributed by atoms with Crippen molar-refractivity contribution in [3.05, 3.63) is 16.1 Å². The highest BCUT2D eigenvalue weighted by atomic mass is 32.1. The van der Waals surface area contributed by atoms with E-state index >= 15 is 0 Å². The van der Waals surface area contributed by atoms with Crippen LogP contribution in [0.1, 0.15) is 37.5 Å². The molecular formula is C8H13FN2S. The van der Waals surface area contributed by atoms with Crippen molar-refractivity contribution in [2.24, 2.45) is 5.73 Å². The van der Waals surface area contributed by atoms with Crippen molar-refractivity contribution in [2.45, 2.75) is 32.5 Å². The third kappa shape index (κ3) is 2.01. The van der Waals surface area contributed by atoms with Gasteiger partial charge in [-0.15, -0.1) is 11.3 Å². The molecule has 0 fully saturated rings. The maximum atomic E-state index is 13.3. The van der Waals surface area contributed by atoms with Crippen molar-refractivity contribution in [1.82, 2.24) is 4.98 Å². The van der Waals surface area contributed by atoms with Crippen molar-refractivity contribution in [3.63, 3.8) is 0 Å². The predicted molar refractivity (Wildman–Crippen MR) is 48.9 cm³/mol. The Morgan fingerprint density at radius 1 is 1.67 bits per heavy atom.